The van der Waals surface area contributed by atoms with E-state index in [2.05, 4.69) is 21.2 Å². The van der Waals surface area contributed by atoms with Crippen LogP contribution < -0.4 is 5.32 Å². The minimum absolute atomic E-state index is 0.0586. The van der Waals surface area contributed by atoms with E-state index in [-0.39, 0.29) is 19.3 Å². The summed E-state index contributed by atoms with van der Waals surface area (Å²) in [6.07, 6.45) is 0.691. The fourth-order valence-electron chi connectivity index (χ4n) is 1.56. The standard InChI is InChI=1S/C11H18BrNO2S/c1-3-11(6-14,7-15)13-8(2)9-4-5-10(12)16-9/h4-5,8,13-15H,3,6-7H2,1-2H3. The lowest BCUT2D eigenvalue weighted by atomic mass is 9.97. The molecule has 3 N–H and O–H groups in total. The van der Waals surface area contributed by atoms with Crippen LogP contribution in [0.5, 0.6) is 0 Å². The van der Waals surface area contributed by atoms with Crippen LogP contribution in [0.3, 0.4) is 0 Å². The maximum Gasteiger partial charge on any atom is 0.0701 e. The van der Waals surface area contributed by atoms with Gasteiger partial charge in [0, 0.05) is 10.9 Å². The molecule has 0 aliphatic rings. The molecule has 16 heavy (non-hydrogen) atoms. The van der Waals surface area contributed by atoms with Gasteiger partial charge in [-0.3, -0.25) is 5.32 Å². The molecule has 1 heterocycles. The molecule has 0 amide bonds. The molecule has 1 aromatic rings. The van der Waals surface area contributed by atoms with Gasteiger partial charge in [-0.1, -0.05) is 6.92 Å². The number of halogens is 1. The summed E-state index contributed by atoms with van der Waals surface area (Å²) in [5.74, 6) is 0. The van der Waals surface area contributed by atoms with E-state index in [9.17, 15) is 10.2 Å². The predicted octanol–water partition coefficient (Wildman–Crippen LogP) is 2.29. The van der Waals surface area contributed by atoms with Gasteiger partial charge in [-0.25, -0.2) is 0 Å². The Morgan fingerprint density at radius 1 is 1.44 bits per heavy atom. The van der Waals surface area contributed by atoms with Gasteiger partial charge in [0.2, 0.25) is 0 Å². The number of aliphatic hydroxyl groups excluding tert-OH is 2. The summed E-state index contributed by atoms with van der Waals surface area (Å²) in [5, 5.41) is 22.0. The van der Waals surface area contributed by atoms with Crippen molar-refractivity contribution >= 4 is 27.3 Å². The number of thiophene rings is 1. The summed E-state index contributed by atoms with van der Waals surface area (Å²) >= 11 is 5.08. The van der Waals surface area contributed by atoms with E-state index in [1.807, 2.05) is 26.0 Å². The van der Waals surface area contributed by atoms with Gasteiger partial charge in [-0.05, 0) is 41.4 Å². The first-order chi connectivity index (χ1) is 7.56. The largest absolute Gasteiger partial charge is 0.394 e. The second-order valence-electron chi connectivity index (χ2n) is 3.96. The third-order valence-corrected chi connectivity index (χ3v) is 4.63. The van der Waals surface area contributed by atoms with E-state index in [0.717, 1.165) is 3.79 Å². The first kappa shape index (κ1) is 14.1. The van der Waals surface area contributed by atoms with Crippen molar-refractivity contribution in [2.45, 2.75) is 31.8 Å². The van der Waals surface area contributed by atoms with E-state index in [4.69, 9.17) is 0 Å². The molecule has 1 rings (SSSR count). The zero-order valence-corrected chi connectivity index (χ0v) is 11.9. The van der Waals surface area contributed by atoms with Crippen molar-refractivity contribution < 1.29 is 10.2 Å². The number of hydrogen-bond donors (Lipinski definition) is 3. The van der Waals surface area contributed by atoms with Gasteiger partial charge in [0.05, 0.1) is 22.5 Å². The Kier molecular flexibility index (Phi) is 5.40. The van der Waals surface area contributed by atoms with E-state index in [0.29, 0.717) is 6.42 Å². The molecule has 0 aliphatic carbocycles. The van der Waals surface area contributed by atoms with Gasteiger partial charge in [0.25, 0.3) is 0 Å². The average Bonchev–Trinajstić information content (AvgIpc) is 2.73. The SMILES string of the molecule is CCC(CO)(CO)NC(C)c1ccc(Br)s1. The van der Waals surface area contributed by atoms with E-state index in [1.165, 1.54) is 4.88 Å². The van der Waals surface area contributed by atoms with Gasteiger partial charge in [0.1, 0.15) is 0 Å². The Morgan fingerprint density at radius 2 is 2.06 bits per heavy atom. The molecule has 0 saturated heterocycles. The highest BCUT2D eigenvalue weighted by Crippen LogP contribution is 2.28. The van der Waals surface area contributed by atoms with Crippen molar-refractivity contribution in [3.63, 3.8) is 0 Å². The molecule has 0 fully saturated rings. The molecule has 0 aliphatic heterocycles. The van der Waals surface area contributed by atoms with Gasteiger partial charge < -0.3 is 10.2 Å². The van der Waals surface area contributed by atoms with Crippen molar-refractivity contribution in [1.29, 1.82) is 0 Å². The van der Waals surface area contributed by atoms with Gasteiger partial charge in [0.15, 0.2) is 0 Å². The number of nitrogens with one attached hydrogen (secondary N) is 1. The molecule has 0 saturated carbocycles. The third kappa shape index (κ3) is 3.28. The quantitative estimate of drug-likeness (QED) is 0.756. The minimum Gasteiger partial charge on any atom is -0.394 e. The second-order valence-corrected chi connectivity index (χ2v) is 6.45. The Morgan fingerprint density at radius 3 is 2.44 bits per heavy atom. The van der Waals surface area contributed by atoms with Crippen molar-refractivity contribution in [2.24, 2.45) is 0 Å². The second kappa shape index (κ2) is 6.12. The van der Waals surface area contributed by atoms with Crippen molar-refractivity contribution in [3.8, 4) is 0 Å². The molecular formula is C11H18BrNO2S. The van der Waals surface area contributed by atoms with Crippen LogP contribution in [0.1, 0.15) is 31.2 Å². The first-order valence-electron chi connectivity index (χ1n) is 5.31. The lowest BCUT2D eigenvalue weighted by molar-refractivity contribution is 0.0796. The lowest BCUT2D eigenvalue weighted by Crippen LogP contribution is -2.51. The van der Waals surface area contributed by atoms with Gasteiger partial charge in [-0.2, -0.15) is 0 Å². The van der Waals surface area contributed by atoms with Crippen LogP contribution in [0.2, 0.25) is 0 Å². The molecule has 3 nitrogen and oxygen atoms in total. The van der Waals surface area contributed by atoms with Crippen LogP contribution in [0, 0.1) is 0 Å². The molecule has 0 radical (unpaired) electrons. The van der Waals surface area contributed by atoms with Crippen LogP contribution in [0.4, 0.5) is 0 Å². The summed E-state index contributed by atoms with van der Waals surface area (Å²) in [7, 11) is 0. The molecule has 1 unspecified atom stereocenters. The number of hydrogen-bond acceptors (Lipinski definition) is 4. The highest BCUT2D eigenvalue weighted by molar-refractivity contribution is 9.11. The van der Waals surface area contributed by atoms with Gasteiger partial charge in [-0.15, -0.1) is 11.3 Å². The molecule has 1 atom stereocenters. The molecule has 5 heteroatoms. The average molecular weight is 308 g/mol. The molecule has 0 bridgehead atoms. The summed E-state index contributed by atoms with van der Waals surface area (Å²) in [5.41, 5.74) is -0.587. The third-order valence-electron chi connectivity index (χ3n) is 2.83. The highest BCUT2D eigenvalue weighted by Gasteiger charge is 2.28. The maximum atomic E-state index is 9.35. The zero-order chi connectivity index (χ0) is 12.2. The summed E-state index contributed by atoms with van der Waals surface area (Å²) in [4.78, 5) is 1.19. The summed E-state index contributed by atoms with van der Waals surface area (Å²) in [6.45, 7) is 3.87. The van der Waals surface area contributed by atoms with Crippen LogP contribution in [-0.4, -0.2) is 29.0 Å². The smallest absolute Gasteiger partial charge is 0.0701 e. The fourth-order valence-corrected chi connectivity index (χ4v) is 2.98. The monoisotopic (exact) mass is 307 g/mol. The molecule has 1 aromatic heterocycles. The molecule has 0 spiro atoms. The predicted molar refractivity (Wildman–Crippen MR) is 70.8 cm³/mol. The topological polar surface area (TPSA) is 52.5 Å². The highest BCUT2D eigenvalue weighted by atomic mass is 79.9. The Bertz CT molecular complexity index is 317. The Hall–Kier alpha value is 0.0600. The summed E-state index contributed by atoms with van der Waals surface area (Å²) in [6, 6.07) is 4.17. The first-order valence-corrected chi connectivity index (χ1v) is 6.92. The van der Waals surface area contributed by atoms with Crippen molar-refractivity contribution in [1.82, 2.24) is 5.32 Å². The van der Waals surface area contributed by atoms with Crippen LogP contribution in [0.25, 0.3) is 0 Å². The lowest BCUT2D eigenvalue weighted by Gasteiger charge is -2.33. The van der Waals surface area contributed by atoms with Crippen molar-refractivity contribution in [2.75, 3.05) is 13.2 Å². The summed E-state index contributed by atoms with van der Waals surface area (Å²) < 4.78 is 1.09. The van der Waals surface area contributed by atoms with Crippen LogP contribution in [0.15, 0.2) is 15.9 Å². The molecular weight excluding hydrogens is 290 g/mol. The fraction of sp³-hybridized carbons (Fsp3) is 0.636. The van der Waals surface area contributed by atoms with Crippen LogP contribution in [-0.2, 0) is 0 Å². The van der Waals surface area contributed by atoms with E-state index in [1.54, 1.807) is 11.3 Å². The number of rotatable bonds is 6. The molecule has 0 aromatic carbocycles. The molecule has 92 valence electrons. The Labute approximate surface area is 109 Å². The van der Waals surface area contributed by atoms with Crippen LogP contribution >= 0.6 is 27.3 Å². The van der Waals surface area contributed by atoms with Crippen molar-refractivity contribution in [3.05, 3.63) is 20.8 Å². The van der Waals surface area contributed by atoms with E-state index < -0.39 is 5.54 Å². The normalized spacial score (nSPS) is 14.1. The number of aliphatic hydroxyl groups is 2. The maximum absolute atomic E-state index is 9.35. The van der Waals surface area contributed by atoms with Gasteiger partial charge >= 0.3 is 0 Å². The minimum atomic E-state index is -0.587. The van der Waals surface area contributed by atoms with E-state index >= 15 is 0 Å². The Balaban J connectivity index is 2.72. The zero-order valence-electron chi connectivity index (χ0n) is 9.53.